The van der Waals surface area contributed by atoms with Gasteiger partial charge in [0.1, 0.15) is 0 Å². The van der Waals surface area contributed by atoms with Crippen LogP contribution in [0.2, 0.25) is 26.2 Å². The summed E-state index contributed by atoms with van der Waals surface area (Å²) in [7, 11) is -1.94. The molecular weight excluding hydrogens is 308 g/mol. The molecule has 0 saturated heterocycles. The van der Waals surface area contributed by atoms with Crippen LogP contribution in [0.4, 0.5) is 0 Å². The highest BCUT2D eigenvalue weighted by atomic mass is 28.3. The Hall–Kier alpha value is -0.259. The highest BCUT2D eigenvalue weighted by molar-refractivity contribution is 6.49. The summed E-state index contributed by atoms with van der Waals surface area (Å²) in [6.45, 7) is 12.2. The Kier molecular flexibility index (Phi) is 10.3. The molecule has 0 heterocycles. The van der Waals surface area contributed by atoms with Crippen LogP contribution in [0.5, 0.6) is 0 Å². The fraction of sp³-hybridized carbons (Fsp3) is 0.750. The summed E-state index contributed by atoms with van der Waals surface area (Å²) >= 11 is 0. The van der Waals surface area contributed by atoms with Crippen LogP contribution in [0.15, 0.2) is 12.7 Å². The minimum Gasteiger partial charge on any atom is -0.463 e. The molecule has 0 aliphatic rings. The first kappa shape index (κ1) is 19.7. The second kappa shape index (κ2) is 10.5. The van der Waals surface area contributed by atoms with Gasteiger partial charge in [0.15, 0.2) is 28.6 Å². The van der Waals surface area contributed by atoms with Crippen LogP contribution in [-0.2, 0) is 22.8 Å². The van der Waals surface area contributed by atoms with Crippen LogP contribution in [0.25, 0.3) is 0 Å². The lowest BCUT2D eigenvalue weighted by Gasteiger charge is -2.36. The van der Waals surface area contributed by atoms with Gasteiger partial charge in [-0.25, -0.2) is 4.79 Å². The molecule has 118 valence electrons. The molecule has 8 heteroatoms. The molecule has 20 heavy (non-hydrogen) atoms. The number of hydrogen-bond donors (Lipinski definition) is 0. The van der Waals surface area contributed by atoms with E-state index in [1.54, 1.807) is 0 Å². The van der Waals surface area contributed by atoms with Crippen LogP contribution in [0.1, 0.15) is 19.3 Å². The summed E-state index contributed by atoms with van der Waals surface area (Å²) in [4.78, 5) is 10.9. The first-order chi connectivity index (χ1) is 9.35. The van der Waals surface area contributed by atoms with Gasteiger partial charge in [-0.2, -0.15) is 0 Å². The molecule has 0 saturated carbocycles. The molecule has 0 aliphatic heterocycles. The third-order valence-corrected chi connectivity index (χ3v) is 4.71. The number of esters is 1. The van der Waals surface area contributed by atoms with E-state index in [0.29, 0.717) is 23.5 Å². The zero-order valence-corrected chi connectivity index (χ0v) is 17.6. The Labute approximate surface area is 128 Å². The third-order valence-electron chi connectivity index (χ3n) is 2.43. The SMILES string of the molecule is C=CC(=O)OCCCCC(O[SiH3])(O[SiH](C)C)O[SiH](C)C. The summed E-state index contributed by atoms with van der Waals surface area (Å²) in [5.41, 5.74) is 0. The van der Waals surface area contributed by atoms with E-state index in [1.165, 1.54) is 6.08 Å². The average molecular weight is 337 g/mol. The van der Waals surface area contributed by atoms with Gasteiger partial charge in [-0.15, -0.1) is 0 Å². The van der Waals surface area contributed by atoms with Gasteiger partial charge in [-0.1, -0.05) is 6.58 Å². The number of carbonyl (C=O) groups excluding carboxylic acids is 1. The smallest absolute Gasteiger partial charge is 0.330 e. The number of ether oxygens (including phenoxy) is 1. The predicted molar refractivity (Wildman–Crippen MR) is 88.7 cm³/mol. The molecule has 0 radical (unpaired) electrons. The Morgan fingerprint density at radius 1 is 1.20 bits per heavy atom. The molecule has 0 N–H and O–H groups in total. The third kappa shape index (κ3) is 8.82. The second-order valence-electron chi connectivity index (χ2n) is 5.05. The van der Waals surface area contributed by atoms with Crippen LogP contribution in [0, 0.1) is 0 Å². The zero-order chi connectivity index (χ0) is 15.6. The Morgan fingerprint density at radius 2 is 1.75 bits per heavy atom. The van der Waals surface area contributed by atoms with E-state index in [9.17, 15) is 4.79 Å². The zero-order valence-electron chi connectivity index (χ0n) is 13.3. The lowest BCUT2D eigenvalue weighted by atomic mass is 10.2. The van der Waals surface area contributed by atoms with Gasteiger partial charge in [0, 0.05) is 12.5 Å². The maximum absolute atomic E-state index is 10.9. The summed E-state index contributed by atoms with van der Waals surface area (Å²) in [6.07, 6.45) is 3.44. The molecule has 0 atom stereocenters. The maximum Gasteiger partial charge on any atom is 0.330 e. The number of rotatable bonds is 11. The van der Waals surface area contributed by atoms with Gasteiger partial charge in [-0.05, 0) is 39.0 Å². The minimum atomic E-state index is -1.26. The highest BCUT2D eigenvalue weighted by Gasteiger charge is 2.33. The van der Waals surface area contributed by atoms with E-state index in [4.69, 9.17) is 18.0 Å². The van der Waals surface area contributed by atoms with Crippen molar-refractivity contribution in [3.8, 4) is 0 Å². The Balaban J connectivity index is 4.27. The van der Waals surface area contributed by atoms with Crippen molar-refractivity contribution in [1.29, 1.82) is 0 Å². The molecule has 0 amide bonds. The topological polar surface area (TPSA) is 54.0 Å². The standard InChI is InChI=1S/C12H28O5Si3/c1-6-11(13)14-10-8-7-9-12(15-18,16-19(2)3)17-20(4)5/h6,19-20H,1,7-10H2,2-5,18H3. The molecule has 0 aromatic heterocycles. The average Bonchev–Trinajstić information content (AvgIpc) is 2.36. The molecular formula is C12H28O5Si3. The van der Waals surface area contributed by atoms with E-state index < -0.39 is 24.1 Å². The maximum atomic E-state index is 10.9. The lowest BCUT2D eigenvalue weighted by Crippen LogP contribution is -2.44. The van der Waals surface area contributed by atoms with Gasteiger partial charge >= 0.3 is 5.97 Å². The largest absolute Gasteiger partial charge is 0.463 e. The summed E-state index contributed by atoms with van der Waals surface area (Å²) in [5, 5.41) is 0. The fourth-order valence-electron chi connectivity index (χ4n) is 1.74. The summed E-state index contributed by atoms with van der Waals surface area (Å²) in [6, 6.07) is 0. The van der Waals surface area contributed by atoms with Crippen molar-refractivity contribution in [3.05, 3.63) is 12.7 Å². The van der Waals surface area contributed by atoms with Crippen molar-refractivity contribution in [1.82, 2.24) is 0 Å². The van der Waals surface area contributed by atoms with E-state index in [2.05, 4.69) is 32.8 Å². The van der Waals surface area contributed by atoms with Crippen molar-refractivity contribution in [2.45, 2.75) is 51.4 Å². The lowest BCUT2D eigenvalue weighted by molar-refractivity contribution is -0.262. The van der Waals surface area contributed by atoms with Crippen molar-refractivity contribution in [3.63, 3.8) is 0 Å². The molecule has 0 unspecified atom stereocenters. The normalized spacial score (nSPS) is 12.1. The van der Waals surface area contributed by atoms with Crippen LogP contribution in [-0.4, -0.2) is 47.1 Å². The quantitative estimate of drug-likeness (QED) is 0.184. The van der Waals surface area contributed by atoms with E-state index >= 15 is 0 Å². The van der Waals surface area contributed by atoms with Crippen molar-refractivity contribution in [2.24, 2.45) is 0 Å². The monoisotopic (exact) mass is 336 g/mol. The van der Waals surface area contributed by atoms with Gasteiger partial charge in [0.25, 0.3) is 5.97 Å². The van der Waals surface area contributed by atoms with E-state index in [1.807, 2.05) is 0 Å². The molecule has 0 bridgehead atoms. The van der Waals surface area contributed by atoms with E-state index in [0.717, 1.165) is 12.8 Å². The molecule has 5 nitrogen and oxygen atoms in total. The van der Waals surface area contributed by atoms with Crippen molar-refractivity contribution >= 4 is 34.5 Å². The number of unbranched alkanes of at least 4 members (excludes halogenated alkanes) is 1. The number of hydrogen-bond acceptors (Lipinski definition) is 5. The second-order valence-corrected chi connectivity index (χ2v) is 10.1. The summed E-state index contributed by atoms with van der Waals surface area (Å²) in [5.74, 6) is -1.23. The molecule has 0 aromatic carbocycles. The Morgan fingerprint density at radius 3 is 2.15 bits per heavy atom. The number of carbonyl (C=O) groups is 1. The van der Waals surface area contributed by atoms with Crippen LogP contribution >= 0.6 is 0 Å². The van der Waals surface area contributed by atoms with Gasteiger partial charge in [0.05, 0.1) is 6.61 Å². The van der Waals surface area contributed by atoms with Crippen LogP contribution < -0.4 is 0 Å². The molecule has 0 aromatic rings. The van der Waals surface area contributed by atoms with E-state index in [-0.39, 0.29) is 5.97 Å². The Bertz CT molecular complexity index is 287. The van der Waals surface area contributed by atoms with Gasteiger partial charge < -0.3 is 18.0 Å². The van der Waals surface area contributed by atoms with Crippen LogP contribution in [0.3, 0.4) is 0 Å². The molecule has 0 fully saturated rings. The highest BCUT2D eigenvalue weighted by Crippen LogP contribution is 2.24. The first-order valence-electron chi connectivity index (χ1n) is 7.05. The molecule has 0 aliphatic carbocycles. The van der Waals surface area contributed by atoms with Crippen molar-refractivity contribution < 1.29 is 22.8 Å². The minimum absolute atomic E-state index is 0.382. The van der Waals surface area contributed by atoms with Gasteiger partial charge in [-0.3, -0.25) is 0 Å². The van der Waals surface area contributed by atoms with Crippen molar-refractivity contribution in [2.75, 3.05) is 6.61 Å². The molecule has 0 spiro atoms. The first-order valence-corrected chi connectivity index (χ1v) is 13.4. The predicted octanol–water partition coefficient (Wildman–Crippen LogP) is 0.837. The fourth-order valence-corrected chi connectivity index (χ4v) is 4.61. The molecule has 0 rings (SSSR count). The van der Waals surface area contributed by atoms with Gasteiger partial charge in [0.2, 0.25) is 0 Å². The summed E-state index contributed by atoms with van der Waals surface area (Å²) < 4.78 is 22.6.